The Labute approximate surface area is 267 Å². The second kappa shape index (κ2) is 12.4. The molecule has 0 aliphatic carbocycles. The number of hydrogen-bond acceptors (Lipinski definition) is 8. The summed E-state index contributed by atoms with van der Waals surface area (Å²) in [7, 11) is -0.607. The zero-order valence-corrected chi connectivity index (χ0v) is 27.4. The highest BCUT2D eigenvalue weighted by atomic mass is 32.2. The Morgan fingerprint density at radius 1 is 1.02 bits per heavy atom. The number of carboxylic acids is 1. The van der Waals surface area contributed by atoms with Crippen molar-refractivity contribution >= 4 is 33.1 Å². The summed E-state index contributed by atoms with van der Waals surface area (Å²) >= 11 is 0. The molecule has 0 atom stereocenters. The third-order valence-corrected chi connectivity index (χ3v) is 8.88. The van der Waals surface area contributed by atoms with Gasteiger partial charge in [-0.3, -0.25) is 14.2 Å². The number of nitrogens with zero attached hydrogens (tertiary/aromatic N) is 7. The van der Waals surface area contributed by atoms with Crippen LogP contribution in [0.5, 0.6) is 0 Å². The first kappa shape index (κ1) is 32.4. The van der Waals surface area contributed by atoms with Gasteiger partial charge in [0.1, 0.15) is 5.60 Å². The van der Waals surface area contributed by atoms with E-state index in [1.165, 1.54) is 15.1 Å². The van der Waals surface area contributed by atoms with Crippen LogP contribution in [0.25, 0.3) is 33.3 Å². The topological polar surface area (TPSA) is 154 Å². The molecule has 0 unspecified atom stereocenters. The minimum atomic E-state index is -4.02. The number of pyridine rings is 1. The molecule has 242 valence electrons. The van der Waals surface area contributed by atoms with Crippen LogP contribution in [0.4, 0.5) is 4.79 Å². The SMILES string of the molecule is Cc1ccc(S(=O)(=O)n2cc(-c3cnn(CCCC(=O)O)c3)c3cc(-c4cn(C)nc4CN(C)C(=O)OC(C)(C)C)cnc32)cc1. The molecule has 4 aromatic heterocycles. The molecular weight excluding hydrogens is 610 g/mol. The molecule has 0 radical (unpaired) electrons. The van der Waals surface area contributed by atoms with Gasteiger partial charge in [0.25, 0.3) is 10.0 Å². The zero-order chi connectivity index (χ0) is 33.4. The molecule has 0 aliphatic rings. The van der Waals surface area contributed by atoms with Crippen LogP contribution in [-0.4, -0.2) is 71.7 Å². The van der Waals surface area contributed by atoms with Crippen molar-refractivity contribution in [1.29, 1.82) is 0 Å². The van der Waals surface area contributed by atoms with Gasteiger partial charge in [0.05, 0.1) is 23.3 Å². The molecule has 0 spiro atoms. The van der Waals surface area contributed by atoms with Gasteiger partial charge in [-0.25, -0.2) is 22.2 Å². The average molecular weight is 648 g/mol. The minimum Gasteiger partial charge on any atom is -0.481 e. The van der Waals surface area contributed by atoms with E-state index in [1.807, 2.05) is 19.2 Å². The lowest BCUT2D eigenvalue weighted by Crippen LogP contribution is -2.34. The van der Waals surface area contributed by atoms with E-state index in [0.29, 0.717) is 40.7 Å². The van der Waals surface area contributed by atoms with E-state index in [1.54, 1.807) is 87.1 Å². The summed E-state index contributed by atoms with van der Waals surface area (Å²) in [6.45, 7) is 7.84. The third kappa shape index (κ3) is 6.96. The number of hydrogen-bond donors (Lipinski definition) is 1. The predicted octanol–water partition coefficient (Wildman–Crippen LogP) is 5.08. The molecule has 1 aromatic carbocycles. The van der Waals surface area contributed by atoms with Gasteiger partial charge in [0.2, 0.25) is 0 Å². The van der Waals surface area contributed by atoms with Crippen LogP contribution in [0, 0.1) is 6.92 Å². The monoisotopic (exact) mass is 647 g/mol. The molecule has 14 heteroatoms. The maximum absolute atomic E-state index is 13.9. The van der Waals surface area contributed by atoms with Gasteiger partial charge < -0.3 is 14.7 Å². The van der Waals surface area contributed by atoms with E-state index < -0.39 is 27.7 Å². The lowest BCUT2D eigenvalue weighted by atomic mass is 10.0. The molecular formula is C32H37N7O6S. The number of aromatic nitrogens is 6. The number of benzene rings is 1. The summed E-state index contributed by atoms with van der Waals surface area (Å²) in [6, 6.07) is 8.46. The fraction of sp³-hybridized carbons (Fsp3) is 0.344. The Kier molecular flexibility index (Phi) is 8.76. The second-order valence-electron chi connectivity index (χ2n) is 12.2. The standard InChI is InChI=1S/C32H37N7O6S/c1-21-9-11-24(12-10-21)46(43,44)39-19-26(23-16-34-38(17-23)13-7-8-29(40)41)25-14-22(15-33-30(25)39)27-18-37(6)35-28(27)20-36(5)31(42)45-32(2,3)4/h9-12,14-19H,7-8,13,20H2,1-6H3,(H,40,41). The highest BCUT2D eigenvalue weighted by Gasteiger charge is 2.26. The number of amides is 1. The molecule has 4 heterocycles. The molecule has 13 nitrogen and oxygen atoms in total. The summed E-state index contributed by atoms with van der Waals surface area (Å²) in [5.74, 6) is -0.887. The van der Waals surface area contributed by atoms with Crippen molar-refractivity contribution in [3.05, 3.63) is 72.6 Å². The molecule has 46 heavy (non-hydrogen) atoms. The van der Waals surface area contributed by atoms with Crippen LogP contribution < -0.4 is 0 Å². The van der Waals surface area contributed by atoms with Crippen molar-refractivity contribution in [2.75, 3.05) is 7.05 Å². The van der Waals surface area contributed by atoms with Crippen molar-refractivity contribution in [3.63, 3.8) is 0 Å². The fourth-order valence-corrected chi connectivity index (χ4v) is 6.33. The van der Waals surface area contributed by atoms with Crippen LogP contribution in [0.15, 0.2) is 66.2 Å². The van der Waals surface area contributed by atoms with Gasteiger partial charge in [0.15, 0.2) is 5.65 Å². The van der Waals surface area contributed by atoms with Crippen LogP contribution >= 0.6 is 0 Å². The molecule has 5 aromatic rings. The average Bonchev–Trinajstić information content (AvgIpc) is 3.68. The van der Waals surface area contributed by atoms with E-state index >= 15 is 0 Å². The molecule has 1 amide bonds. The largest absolute Gasteiger partial charge is 0.481 e. The molecule has 0 bridgehead atoms. The molecule has 0 saturated heterocycles. The summed E-state index contributed by atoms with van der Waals surface area (Å²) in [5, 5.41) is 18.6. The Morgan fingerprint density at radius 3 is 2.41 bits per heavy atom. The Hall–Kier alpha value is -4.98. The predicted molar refractivity (Wildman–Crippen MR) is 171 cm³/mol. The molecule has 1 N–H and O–H groups in total. The van der Waals surface area contributed by atoms with E-state index in [2.05, 4.69) is 15.2 Å². The van der Waals surface area contributed by atoms with E-state index in [4.69, 9.17) is 9.84 Å². The van der Waals surface area contributed by atoms with Crippen LogP contribution in [0.2, 0.25) is 0 Å². The lowest BCUT2D eigenvalue weighted by molar-refractivity contribution is -0.137. The highest BCUT2D eigenvalue weighted by molar-refractivity contribution is 7.90. The normalized spacial score (nSPS) is 12.0. The first-order chi connectivity index (χ1) is 21.6. The van der Waals surface area contributed by atoms with Crippen molar-refractivity contribution in [2.45, 2.75) is 64.1 Å². The van der Waals surface area contributed by atoms with Crippen LogP contribution in [0.3, 0.4) is 0 Å². The van der Waals surface area contributed by atoms with Gasteiger partial charge in [-0.05, 0) is 52.3 Å². The van der Waals surface area contributed by atoms with Gasteiger partial charge in [0, 0.05) is 79.5 Å². The van der Waals surface area contributed by atoms with Gasteiger partial charge in [-0.1, -0.05) is 17.7 Å². The number of carbonyl (C=O) groups excluding carboxylic acids is 1. The number of aliphatic carboxylic acids is 1. The molecule has 0 saturated carbocycles. The molecule has 0 aliphatic heterocycles. The van der Waals surface area contributed by atoms with E-state index in [9.17, 15) is 18.0 Å². The Balaban J connectivity index is 1.60. The summed E-state index contributed by atoms with van der Waals surface area (Å²) in [4.78, 5) is 29.9. The molecule has 5 rings (SSSR count). The van der Waals surface area contributed by atoms with Crippen molar-refractivity contribution < 1.29 is 27.9 Å². The molecule has 0 fully saturated rings. The number of carboxylic acid groups (broad SMARTS) is 1. The summed E-state index contributed by atoms with van der Waals surface area (Å²) in [6.07, 6.45) is 8.25. The minimum absolute atomic E-state index is 0.00708. The van der Waals surface area contributed by atoms with Crippen molar-refractivity contribution in [2.24, 2.45) is 7.05 Å². The fourth-order valence-electron chi connectivity index (χ4n) is 5.00. The first-order valence-corrected chi connectivity index (χ1v) is 16.1. The van der Waals surface area contributed by atoms with Crippen LogP contribution in [0.1, 0.15) is 44.9 Å². The number of ether oxygens (including phenoxy) is 1. The van der Waals surface area contributed by atoms with E-state index in [0.717, 1.165) is 11.1 Å². The second-order valence-corrected chi connectivity index (χ2v) is 14.1. The van der Waals surface area contributed by atoms with Crippen molar-refractivity contribution in [1.82, 2.24) is 33.4 Å². The maximum atomic E-state index is 13.9. The number of aryl methyl sites for hydroxylation is 3. The Bertz CT molecular complexity index is 2020. The lowest BCUT2D eigenvalue weighted by Gasteiger charge is -2.24. The number of fused-ring (bicyclic) bond motifs is 1. The highest BCUT2D eigenvalue weighted by Crippen LogP contribution is 2.35. The van der Waals surface area contributed by atoms with Gasteiger partial charge >= 0.3 is 12.1 Å². The number of carbonyl (C=O) groups is 2. The summed E-state index contributed by atoms with van der Waals surface area (Å²) < 4.78 is 37.8. The van der Waals surface area contributed by atoms with Gasteiger partial charge in [-0.15, -0.1) is 0 Å². The third-order valence-electron chi connectivity index (χ3n) is 7.22. The smallest absolute Gasteiger partial charge is 0.410 e. The quantitative estimate of drug-likeness (QED) is 0.219. The maximum Gasteiger partial charge on any atom is 0.410 e. The summed E-state index contributed by atoms with van der Waals surface area (Å²) in [5.41, 5.74) is 3.74. The van der Waals surface area contributed by atoms with Crippen molar-refractivity contribution in [3.8, 4) is 22.3 Å². The number of rotatable bonds is 10. The zero-order valence-electron chi connectivity index (χ0n) is 26.6. The van der Waals surface area contributed by atoms with Crippen LogP contribution in [-0.2, 0) is 39.7 Å². The Morgan fingerprint density at radius 2 is 1.74 bits per heavy atom. The first-order valence-electron chi connectivity index (χ1n) is 14.7. The van der Waals surface area contributed by atoms with Gasteiger partial charge in [-0.2, -0.15) is 10.2 Å². The van der Waals surface area contributed by atoms with E-state index in [-0.39, 0.29) is 23.5 Å².